The van der Waals surface area contributed by atoms with Crippen molar-refractivity contribution in [3.05, 3.63) is 63.1 Å². The highest BCUT2D eigenvalue weighted by Crippen LogP contribution is 2.33. The molecule has 1 aromatic heterocycles. The molecule has 7 nitrogen and oxygen atoms in total. The maximum Gasteiger partial charge on any atom is 0.417 e. The summed E-state index contributed by atoms with van der Waals surface area (Å²) in [5, 5.41) is 6.27. The van der Waals surface area contributed by atoms with Crippen molar-refractivity contribution < 1.29 is 22.8 Å². The summed E-state index contributed by atoms with van der Waals surface area (Å²) in [6.07, 6.45) is -1.56. The molecule has 2 amide bonds. The van der Waals surface area contributed by atoms with Crippen LogP contribution in [0.2, 0.25) is 5.02 Å². The molecule has 0 spiro atoms. The van der Waals surface area contributed by atoms with Crippen molar-refractivity contribution in [1.82, 2.24) is 15.2 Å². The van der Waals surface area contributed by atoms with Crippen LogP contribution in [-0.4, -0.2) is 64.6 Å². The summed E-state index contributed by atoms with van der Waals surface area (Å²) in [4.78, 5) is 35.5. The fourth-order valence-corrected chi connectivity index (χ4v) is 5.63. The molecule has 4 rings (SSSR count). The lowest BCUT2D eigenvalue weighted by atomic mass is 10.1. The van der Waals surface area contributed by atoms with Crippen LogP contribution in [0.15, 0.2) is 46.4 Å². The molecule has 196 valence electrons. The summed E-state index contributed by atoms with van der Waals surface area (Å²) >= 11 is 9.12. The number of carbonyl (C=O) groups excluding carboxylic acids is 2. The zero-order valence-corrected chi connectivity index (χ0v) is 21.9. The van der Waals surface area contributed by atoms with E-state index >= 15 is 0 Å². The Bertz CT molecular complexity index is 1230. The summed E-state index contributed by atoms with van der Waals surface area (Å²) in [7, 11) is 0. The summed E-state index contributed by atoms with van der Waals surface area (Å²) < 4.78 is 38.1. The topological polar surface area (TPSA) is 86.7 Å². The maximum atomic E-state index is 12.7. The van der Waals surface area contributed by atoms with Gasteiger partial charge in [-0.05, 0) is 48.0 Å². The van der Waals surface area contributed by atoms with Gasteiger partial charge in [-0.3, -0.25) is 9.59 Å². The molecular weight excluding hydrogens is 547 g/mol. The Balaban J connectivity index is 1.25. The third-order valence-electron chi connectivity index (χ3n) is 5.44. The van der Waals surface area contributed by atoms with Crippen LogP contribution < -0.4 is 10.6 Å². The van der Waals surface area contributed by atoms with Gasteiger partial charge in [0.05, 0.1) is 15.5 Å². The molecule has 0 radical (unpaired) electrons. The third-order valence-corrected chi connectivity index (χ3v) is 7.71. The Morgan fingerprint density at radius 1 is 1.19 bits per heavy atom. The lowest BCUT2D eigenvalue weighted by Crippen LogP contribution is -2.35. The van der Waals surface area contributed by atoms with Crippen LogP contribution in [0, 0.1) is 0 Å². The minimum atomic E-state index is -4.51. The van der Waals surface area contributed by atoms with E-state index in [0.717, 1.165) is 47.6 Å². The van der Waals surface area contributed by atoms with Crippen LogP contribution in [-0.2, 0) is 11.0 Å². The molecular formula is C24H23ClF3N5O2S2. The van der Waals surface area contributed by atoms with E-state index in [4.69, 9.17) is 11.6 Å². The Morgan fingerprint density at radius 2 is 1.97 bits per heavy atom. The largest absolute Gasteiger partial charge is 0.417 e. The molecule has 1 aromatic carbocycles. The van der Waals surface area contributed by atoms with Gasteiger partial charge in [-0.1, -0.05) is 23.7 Å². The number of hydrogen-bond acceptors (Lipinski definition) is 7. The van der Waals surface area contributed by atoms with Crippen LogP contribution in [0.4, 0.5) is 19.0 Å². The van der Waals surface area contributed by atoms with E-state index in [-0.39, 0.29) is 22.7 Å². The lowest BCUT2D eigenvalue weighted by Gasteiger charge is -2.26. The quantitative estimate of drug-likeness (QED) is 0.358. The van der Waals surface area contributed by atoms with E-state index < -0.39 is 11.7 Å². The average Bonchev–Trinajstić information content (AvgIpc) is 3.24. The highest BCUT2D eigenvalue weighted by Gasteiger charge is 2.31. The molecule has 2 aliphatic heterocycles. The van der Waals surface area contributed by atoms with E-state index in [0.29, 0.717) is 30.0 Å². The first-order chi connectivity index (χ1) is 17.7. The zero-order valence-electron chi connectivity index (χ0n) is 19.5. The van der Waals surface area contributed by atoms with E-state index in [9.17, 15) is 22.8 Å². The summed E-state index contributed by atoms with van der Waals surface area (Å²) in [5.74, 6) is 1.62. The van der Waals surface area contributed by atoms with Gasteiger partial charge >= 0.3 is 6.18 Å². The minimum Gasteiger partial charge on any atom is -0.369 e. The number of aliphatic imine (C=N–C) groups is 1. The SMILES string of the molecule is O=C1N=C(N2CCSCC2)SC1=Cc1cccc(C(=O)NCCCNc2ncc(C(F)(F)F)cc2Cl)c1. The van der Waals surface area contributed by atoms with Crippen molar-refractivity contribution in [3.8, 4) is 0 Å². The predicted molar refractivity (Wildman–Crippen MR) is 143 cm³/mol. The number of rotatable bonds is 7. The number of hydrogen-bond donors (Lipinski definition) is 2. The van der Waals surface area contributed by atoms with Gasteiger partial charge in [-0.2, -0.15) is 29.9 Å². The molecule has 3 heterocycles. The summed E-state index contributed by atoms with van der Waals surface area (Å²) in [6.45, 7) is 2.42. The van der Waals surface area contributed by atoms with E-state index in [2.05, 4.69) is 25.5 Å². The van der Waals surface area contributed by atoms with Gasteiger partial charge in [-0.15, -0.1) is 0 Å². The molecule has 2 aliphatic rings. The van der Waals surface area contributed by atoms with Crippen LogP contribution in [0.5, 0.6) is 0 Å². The van der Waals surface area contributed by atoms with Crippen molar-refractivity contribution >= 4 is 64.0 Å². The number of nitrogens with one attached hydrogen (secondary N) is 2. The standard InChI is InChI=1S/C24H23ClF3N5O2S2/c25-18-13-17(24(26,27)28)14-31-20(18)29-5-2-6-30-21(34)16-4-1-3-15(11-16)12-19-22(35)32-23(37-19)33-7-9-36-10-8-33/h1,3-4,11-14H,2,5-10H2,(H,29,31)(H,30,34). The number of alkyl halides is 3. The van der Waals surface area contributed by atoms with Crippen molar-refractivity contribution in [1.29, 1.82) is 0 Å². The smallest absolute Gasteiger partial charge is 0.369 e. The summed E-state index contributed by atoms with van der Waals surface area (Å²) in [5.41, 5.74) is 0.247. The second-order valence-electron chi connectivity index (χ2n) is 8.12. The number of thioether (sulfide) groups is 2. The normalized spacial score (nSPS) is 17.2. The Morgan fingerprint density at radius 3 is 2.70 bits per heavy atom. The van der Waals surface area contributed by atoms with Gasteiger partial charge in [0.2, 0.25) is 0 Å². The van der Waals surface area contributed by atoms with Crippen molar-refractivity contribution in [2.45, 2.75) is 12.6 Å². The molecule has 0 aliphatic carbocycles. The molecule has 13 heteroatoms. The van der Waals surface area contributed by atoms with Gasteiger partial charge < -0.3 is 15.5 Å². The Hall–Kier alpha value is -2.70. The number of aromatic nitrogens is 1. The van der Waals surface area contributed by atoms with E-state index in [1.54, 1.807) is 24.3 Å². The van der Waals surface area contributed by atoms with Gasteiger partial charge in [0, 0.05) is 49.4 Å². The summed E-state index contributed by atoms with van der Waals surface area (Å²) in [6, 6.07) is 7.76. The van der Waals surface area contributed by atoms with Gasteiger partial charge in [-0.25, -0.2) is 4.98 Å². The molecule has 2 N–H and O–H groups in total. The van der Waals surface area contributed by atoms with E-state index in [1.807, 2.05) is 17.8 Å². The minimum absolute atomic E-state index is 0.129. The van der Waals surface area contributed by atoms with Gasteiger partial charge in [0.1, 0.15) is 5.82 Å². The molecule has 0 bridgehead atoms. The van der Waals surface area contributed by atoms with Gasteiger partial charge in [0.25, 0.3) is 11.8 Å². The monoisotopic (exact) mass is 569 g/mol. The molecule has 37 heavy (non-hydrogen) atoms. The molecule has 0 atom stereocenters. The first-order valence-electron chi connectivity index (χ1n) is 11.4. The van der Waals surface area contributed by atoms with Crippen molar-refractivity contribution in [2.75, 3.05) is 43.0 Å². The highest BCUT2D eigenvalue weighted by atomic mass is 35.5. The van der Waals surface area contributed by atoms with E-state index in [1.165, 1.54) is 11.8 Å². The number of benzene rings is 1. The fourth-order valence-electron chi connectivity index (χ4n) is 3.53. The van der Waals surface area contributed by atoms with Crippen LogP contribution in [0.1, 0.15) is 27.9 Å². The molecule has 1 saturated heterocycles. The fraction of sp³-hybridized carbons (Fsp3) is 0.333. The number of amidine groups is 1. The van der Waals surface area contributed by atoms with Crippen LogP contribution in [0.25, 0.3) is 6.08 Å². The Kier molecular flexibility index (Phi) is 9.04. The zero-order chi connectivity index (χ0) is 26.4. The highest BCUT2D eigenvalue weighted by molar-refractivity contribution is 8.18. The van der Waals surface area contributed by atoms with Crippen molar-refractivity contribution in [2.24, 2.45) is 4.99 Å². The van der Waals surface area contributed by atoms with Crippen molar-refractivity contribution in [3.63, 3.8) is 0 Å². The van der Waals surface area contributed by atoms with Crippen LogP contribution >= 0.6 is 35.1 Å². The Labute approximate surface area is 225 Å². The predicted octanol–water partition coefficient (Wildman–Crippen LogP) is 5.00. The second kappa shape index (κ2) is 12.2. The average molecular weight is 570 g/mol. The van der Waals surface area contributed by atoms with Gasteiger partial charge in [0.15, 0.2) is 5.17 Å². The number of anilines is 1. The number of carbonyl (C=O) groups is 2. The number of nitrogens with zero attached hydrogens (tertiary/aromatic N) is 3. The maximum absolute atomic E-state index is 12.7. The van der Waals surface area contributed by atoms with Crippen LogP contribution in [0.3, 0.4) is 0 Å². The molecule has 0 saturated carbocycles. The first-order valence-corrected chi connectivity index (χ1v) is 13.8. The number of pyridine rings is 1. The second-order valence-corrected chi connectivity index (χ2v) is 10.8. The first kappa shape index (κ1) is 27.3. The lowest BCUT2D eigenvalue weighted by molar-refractivity contribution is -0.137. The molecule has 0 unspecified atom stereocenters. The number of halogens is 4. The molecule has 2 aromatic rings. The number of amides is 2. The third kappa shape index (κ3) is 7.42. The molecule has 1 fully saturated rings.